The molecule has 7 nitrogen and oxygen atoms in total. The van der Waals surface area contributed by atoms with Crippen LogP contribution < -0.4 is 0 Å². The van der Waals surface area contributed by atoms with Crippen molar-refractivity contribution in [3.63, 3.8) is 0 Å². The minimum Gasteiger partial charge on any atom is -0.481 e. The lowest BCUT2D eigenvalue weighted by atomic mass is 9.66. The third-order valence-corrected chi connectivity index (χ3v) is 11.0. The molecule has 1 aliphatic heterocycles. The molecule has 0 spiro atoms. The number of piperidine rings is 1. The van der Waals surface area contributed by atoms with Crippen molar-refractivity contribution in [3.05, 3.63) is 69.7 Å². The predicted octanol–water partition coefficient (Wildman–Crippen LogP) is 6.12. The monoisotopic (exact) mass is 594 g/mol. The number of benzene rings is 2. The third-order valence-electron chi connectivity index (χ3n) is 8.19. The van der Waals surface area contributed by atoms with Crippen molar-refractivity contribution in [2.75, 3.05) is 13.6 Å². The van der Waals surface area contributed by atoms with Gasteiger partial charge in [0.05, 0.1) is 11.3 Å². The number of aliphatic carboxylic acids is 1. The van der Waals surface area contributed by atoms with Gasteiger partial charge in [-0.15, -0.1) is 0 Å². The van der Waals surface area contributed by atoms with Crippen molar-refractivity contribution in [2.45, 2.75) is 75.6 Å². The minimum atomic E-state index is -3.45. The second kappa shape index (κ2) is 11.8. The molecule has 212 valence electrons. The molecule has 4 rings (SSSR count). The van der Waals surface area contributed by atoms with Crippen LogP contribution in [0.1, 0.15) is 75.5 Å². The molecule has 2 aliphatic rings. The van der Waals surface area contributed by atoms with Gasteiger partial charge in [-0.3, -0.25) is 9.59 Å². The number of likely N-dealkylation sites (N-methyl/N-ethyl adjacent to an activating group) is 1. The van der Waals surface area contributed by atoms with Gasteiger partial charge in [0.2, 0.25) is 15.9 Å². The van der Waals surface area contributed by atoms with Crippen LogP contribution in [0.2, 0.25) is 10.0 Å². The fourth-order valence-electron chi connectivity index (χ4n) is 5.83. The highest BCUT2D eigenvalue weighted by molar-refractivity contribution is 7.90. The number of rotatable bonds is 11. The molecule has 1 saturated carbocycles. The molecule has 4 atom stereocenters. The smallest absolute Gasteiger partial charge is 0.303 e. The van der Waals surface area contributed by atoms with Crippen LogP contribution in [0.3, 0.4) is 0 Å². The maximum atomic E-state index is 14.4. The third kappa shape index (κ3) is 6.45. The van der Waals surface area contributed by atoms with Gasteiger partial charge in [0.15, 0.2) is 0 Å². The highest BCUT2D eigenvalue weighted by Gasteiger charge is 2.52. The van der Waals surface area contributed by atoms with E-state index >= 15 is 0 Å². The summed E-state index contributed by atoms with van der Waals surface area (Å²) in [6, 6.07) is 14.1. The van der Waals surface area contributed by atoms with E-state index in [4.69, 9.17) is 23.2 Å². The Morgan fingerprint density at radius 3 is 2.36 bits per heavy atom. The van der Waals surface area contributed by atoms with Gasteiger partial charge in [0, 0.05) is 47.4 Å². The second-order valence-electron chi connectivity index (χ2n) is 11.1. The highest BCUT2D eigenvalue weighted by atomic mass is 35.5. The van der Waals surface area contributed by atoms with E-state index in [-0.39, 0.29) is 36.5 Å². The first-order chi connectivity index (χ1) is 18.4. The number of likely N-dealkylation sites (tertiary alicyclic amines) is 1. The molecule has 1 amide bonds. The SMILES string of the molecule is CCC(CN(C)S(=O)(=O)C1CC1)N1C(=O)[C@](C)(CCC(=O)O)C[C@H](c2cccc(Cl)c2)[C@H]1c1ccc(Cl)cc1. The molecule has 1 N–H and O–H groups in total. The Bertz CT molecular complexity index is 1320. The summed E-state index contributed by atoms with van der Waals surface area (Å²) in [5, 5.41) is 10.3. The summed E-state index contributed by atoms with van der Waals surface area (Å²) < 4.78 is 27.5. The molecule has 2 aromatic rings. The van der Waals surface area contributed by atoms with Crippen LogP contribution >= 0.6 is 23.2 Å². The molecule has 2 fully saturated rings. The van der Waals surface area contributed by atoms with Gasteiger partial charge >= 0.3 is 5.97 Å². The number of carboxylic acids is 1. The highest BCUT2D eigenvalue weighted by Crippen LogP contribution is 2.52. The largest absolute Gasteiger partial charge is 0.481 e. The fourth-order valence-corrected chi connectivity index (χ4v) is 7.77. The van der Waals surface area contributed by atoms with E-state index in [0.717, 1.165) is 11.1 Å². The quantitative estimate of drug-likeness (QED) is 0.338. The summed E-state index contributed by atoms with van der Waals surface area (Å²) in [6.45, 7) is 3.94. The number of carboxylic acid groups (broad SMARTS) is 1. The molecule has 1 saturated heterocycles. The first-order valence-corrected chi connectivity index (χ1v) is 15.6. The Labute approximate surface area is 241 Å². The Hall–Kier alpha value is -2.13. The molecule has 1 aliphatic carbocycles. The van der Waals surface area contributed by atoms with Crippen LogP contribution in [0, 0.1) is 5.41 Å². The average molecular weight is 596 g/mol. The van der Waals surface area contributed by atoms with E-state index in [1.54, 1.807) is 25.2 Å². The van der Waals surface area contributed by atoms with Crippen molar-refractivity contribution in [2.24, 2.45) is 5.41 Å². The normalized spacial score (nSPS) is 24.7. The zero-order valence-corrected chi connectivity index (χ0v) is 24.8. The molecular weight excluding hydrogens is 559 g/mol. The summed E-state index contributed by atoms with van der Waals surface area (Å²) in [5.74, 6) is -1.33. The number of halogens is 2. The number of amides is 1. The van der Waals surface area contributed by atoms with Crippen LogP contribution in [-0.2, 0) is 19.6 Å². The average Bonchev–Trinajstić information content (AvgIpc) is 3.75. The summed E-state index contributed by atoms with van der Waals surface area (Å²) in [6.07, 6.45) is 2.30. The van der Waals surface area contributed by atoms with Crippen LogP contribution in [0.15, 0.2) is 48.5 Å². The van der Waals surface area contributed by atoms with Crippen LogP contribution in [0.25, 0.3) is 0 Å². The summed E-state index contributed by atoms with van der Waals surface area (Å²) in [5.41, 5.74) is 0.856. The zero-order chi connectivity index (χ0) is 28.5. The maximum absolute atomic E-state index is 14.4. The van der Waals surface area contributed by atoms with Crippen molar-refractivity contribution in [3.8, 4) is 0 Å². The topological polar surface area (TPSA) is 95.0 Å². The van der Waals surface area contributed by atoms with E-state index in [1.165, 1.54) is 4.31 Å². The molecule has 2 aromatic carbocycles. The minimum absolute atomic E-state index is 0.142. The molecule has 10 heteroatoms. The van der Waals surface area contributed by atoms with E-state index in [0.29, 0.717) is 35.7 Å². The molecular formula is C29H36Cl2N2O5S. The maximum Gasteiger partial charge on any atom is 0.303 e. The summed E-state index contributed by atoms with van der Waals surface area (Å²) in [4.78, 5) is 27.9. The van der Waals surface area contributed by atoms with Gasteiger partial charge in [0.1, 0.15) is 0 Å². The number of nitrogens with zero attached hydrogens (tertiary/aromatic N) is 2. The van der Waals surface area contributed by atoms with Gasteiger partial charge in [0.25, 0.3) is 0 Å². The molecule has 0 radical (unpaired) electrons. The van der Waals surface area contributed by atoms with E-state index in [2.05, 4.69) is 0 Å². The van der Waals surface area contributed by atoms with Gasteiger partial charge in [-0.1, -0.05) is 61.3 Å². The lowest BCUT2D eigenvalue weighted by molar-refractivity contribution is -0.156. The zero-order valence-electron chi connectivity index (χ0n) is 22.5. The lowest BCUT2D eigenvalue weighted by Gasteiger charge is -2.52. The van der Waals surface area contributed by atoms with Gasteiger partial charge < -0.3 is 10.0 Å². The molecule has 1 unspecified atom stereocenters. The Kier molecular flexibility index (Phi) is 9.01. The molecule has 1 heterocycles. The Morgan fingerprint density at radius 2 is 1.79 bits per heavy atom. The summed E-state index contributed by atoms with van der Waals surface area (Å²) in [7, 11) is -1.87. The van der Waals surface area contributed by atoms with Crippen molar-refractivity contribution >= 4 is 45.1 Å². The first-order valence-electron chi connectivity index (χ1n) is 13.4. The lowest BCUT2D eigenvalue weighted by Crippen LogP contribution is -2.58. The number of sulfonamides is 1. The van der Waals surface area contributed by atoms with Gasteiger partial charge in [-0.05, 0) is 67.5 Å². The number of hydrogen-bond donors (Lipinski definition) is 1. The van der Waals surface area contributed by atoms with E-state index in [9.17, 15) is 23.1 Å². The molecule has 0 bridgehead atoms. The van der Waals surface area contributed by atoms with Gasteiger partial charge in [-0.2, -0.15) is 0 Å². The standard InChI is InChI=1S/C29H36Cl2N2O5S/c1-4-23(18-32(3)39(37,38)24-12-13-24)33-27(19-8-10-21(30)11-9-19)25(20-6-5-7-22(31)16-20)17-29(2,28(33)36)15-14-26(34)35/h5-11,16,23-25,27H,4,12-15,17-18H2,1-3H3,(H,34,35)/t23?,25-,27-,29-/m1/s1. The van der Waals surface area contributed by atoms with E-state index in [1.807, 2.05) is 49.1 Å². The van der Waals surface area contributed by atoms with E-state index < -0.39 is 33.5 Å². The Balaban J connectivity index is 1.85. The summed E-state index contributed by atoms with van der Waals surface area (Å²) >= 11 is 12.6. The number of hydrogen-bond acceptors (Lipinski definition) is 4. The number of carbonyl (C=O) groups is 2. The first kappa shape index (κ1) is 29.8. The van der Waals surface area contributed by atoms with Crippen molar-refractivity contribution in [1.29, 1.82) is 0 Å². The fraction of sp³-hybridized carbons (Fsp3) is 0.517. The van der Waals surface area contributed by atoms with Crippen LogP contribution in [0.5, 0.6) is 0 Å². The number of carbonyl (C=O) groups excluding carboxylic acids is 1. The molecule has 39 heavy (non-hydrogen) atoms. The predicted molar refractivity (Wildman–Crippen MR) is 153 cm³/mol. The van der Waals surface area contributed by atoms with Crippen LogP contribution in [-0.4, -0.2) is 59.5 Å². The van der Waals surface area contributed by atoms with Crippen LogP contribution in [0.4, 0.5) is 0 Å². The van der Waals surface area contributed by atoms with Crippen molar-refractivity contribution < 1.29 is 23.1 Å². The second-order valence-corrected chi connectivity index (χ2v) is 14.3. The van der Waals surface area contributed by atoms with Crippen molar-refractivity contribution in [1.82, 2.24) is 9.21 Å². The molecule has 0 aromatic heterocycles. The Morgan fingerprint density at radius 1 is 1.13 bits per heavy atom. The van der Waals surface area contributed by atoms with Gasteiger partial charge in [-0.25, -0.2) is 12.7 Å².